The van der Waals surface area contributed by atoms with E-state index in [1.54, 1.807) is 12.1 Å². The molecule has 0 bridgehead atoms. The van der Waals surface area contributed by atoms with Crippen molar-refractivity contribution in [3.8, 4) is 5.75 Å². The first kappa shape index (κ1) is 22.2. The van der Waals surface area contributed by atoms with Crippen molar-refractivity contribution >= 4 is 29.1 Å². The van der Waals surface area contributed by atoms with E-state index in [4.69, 9.17) is 27.9 Å². The van der Waals surface area contributed by atoms with Crippen molar-refractivity contribution in [2.24, 2.45) is 0 Å². The monoisotopic (exact) mass is 445 g/mol. The second kappa shape index (κ2) is 10.0. The number of amides is 1. The Morgan fingerprint density at radius 2 is 1.93 bits per heavy atom. The highest BCUT2D eigenvalue weighted by Crippen LogP contribution is 2.23. The van der Waals surface area contributed by atoms with E-state index >= 15 is 0 Å². The summed E-state index contributed by atoms with van der Waals surface area (Å²) >= 11 is 12.1. The Kier molecular flexibility index (Phi) is 7.40. The van der Waals surface area contributed by atoms with Crippen molar-refractivity contribution in [3.63, 3.8) is 0 Å². The van der Waals surface area contributed by atoms with Crippen LogP contribution in [0.25, 0.3) is 0 Å². The Bertz CT molecular complexity index is 1050. The topological polar surface area (TPSA) is 56.1 Å². The van der Waals surface area contributed by atoms with Crippen molar-refractivity contribution in [2.75, 3.05) is 6.54 Å². The number of ether oxygens (including phenoxy) is 1. The summed E-state index contributed by atoms with van der Waals surface area (Å²) in [6.07, 6.45) is 0.767. The number of hydrogen-bond donors (Lipinski definition) is 1. The first-order chi connectivity index (χ1) is 14.3. The van der Waals surface area contributed by atoms with Crippen LogP contribution in [0.4, 0.5) is 0 Å². The van der Waals surface area contributed by atoms with E-state index in [2.05, 4.69) is 10.4 Å². The van der Waals surface area contributed by atoms with Crippen molar-refractivity contribution < 1.29 is 9.53 Å². The standard InChI is InChI=1S/C23H25Cl2N3O2/c1-15-12-20(24)8-9-21(15)30-14-18-6-4-7-19(13-18)23(29)26-10-5-11-28-17(3)22(25)16(2)27-28/h4,6-9,12-13H,5,10-11,14H2,1-3H3,(H,26,29). The number of hydrogen-bond acceptors (Lipinski definition) is 3. The maximum absolute atomic E-state index is 12.5. The van der Waals surface area contributed by atoms with Crippen LogP contribution in [-0.4, -0.2) is 22.2 Å². The van der Waals surface area contributed by atoms with Gasteiger partial charge in [0.1, 0.15) is 12.4 Å². The summed E-state index contributed by atoms with van der Waals surface area (Å²) in [5.74, 6) is 0.671. The third-order valence-electron chi connectivity index (χ3n) is 4.85. The van der Waals surface area contributed by atoms with Crippen LogP contribution >= 0.6 is 23.2 Å². The highest BCUT2D eigenvalue weighted by Gasteiger charge is 2.10. The van der Waals surface area contributed by atoms with E-state index in [-0.39, 0.29) is 5.91 Å². The van der Waals surface area contributed by atoms with Crippen LogP contribution in [0.15, 0.2) is 42.5 Å². The summed E-state index contributed by atoms with van der Waals surface area (Å²) in [6, 6.07) is 13.0. The van der Waals surface area contributed by atoms with Gasteiger partial charge in [0.15, 0.2) is 0 Å². The zero-order chi connectivity index (χ0) is 21.7. The Balaban J connectivity index is 1.50. The third kappa shape index (κ3) is 5.55. The van der Waals surface area contributed by atoms with E-state index in [0.717, 1.165) is 34.7 Å². The fourth-order valence-corrected chi connectivity index (χ4v) is 3.53. The summed E-state index contributed by atoms with van der Waals surface area (Å²) in [6.45, 7) is 7.42. The molecule has 1 N–H and O–H groups in total. The van der Waals surface area contributed by atoms with Crippen molar-refractivity contribution in [1.82, 2.24) is 15.1 Å². The van der Waals surface area contributed by atoms with Crippen LogP contribution in [0.5, 0.6) is 5.75 Å². The maximum Gasteiger partial charge on any atom is 0.251 e. The van der Waals surface area contributed by atoms with Crippen molar-refractivity contribution in [3.05, 3.63) is 80.6 Å². The highest BCUT2D eigenvalue weighted by atomic mass is 35.5. The van der Waals surface area contributed by atoms with E-state index in [9.17, 15) is 4.79 Å². The predicted octanol–water partition coefficient (Wildman–Crippen LogP) is 5.51. The van der Waals surface area contributed by atoms with Crippen LogP contribution in [0.3, 0.4) is 0 Å². The molecule has 0 atom stereocenters. The molecule has 0 fully saturated rings. The lowest BCUT2D eigenvalue weighted by Crippen LogP contribution is -2.25. The number of benzene rings is 2. The van der Waals surface area contributed by atoms with E-state index in [1.165, 1.54) is 0 Å². The zero-order valence-corrected chi connectivity index (χ0v) is 18.8. The van der Waals surface area contributed by atoms with Gasteiger partial charge in [-0.05, 0) is 68.7 Å². The molecule has 3 aromatic rings. The van der Waals surface area contributed by atoms with Gasteiger partial charge in [-0.15, -0.1) is 0 Å². The Morgan fingerprint density at radius 1 is 1.13 bits per heavy atom. The summed E-state index contributed by atoms with van der Waals surface area (Å²) in [5.41, 5.74) is 4.28. The van der Waals surface area contributed by atoms with Crippen LogP contribution < -0.4 is 10.1 Å². The first-order valence-electron chi connectivity index (χ1n) is 9.80. The molecule has 0 aliphatic carbocycles. The molecular formula is C23H25Cl2N3O2. The molecule has 0 spiro atoms. The van der Waals surface area contributed by atoms with Gasteiger partial charge in [-0.3, -0.25) is 9.48 Å². The lowest BCUT2D eigenvalue weighted by atomic mass is 10.1. The van der Waals surface area contributed by atoms with Gasteiger partial charge in [0, 0.05) is 23.7 Å². The molecule has 0 radical (unpaired) electrons. The molecule has 0 unspecified atom stereocenters. The summed E-state index contributed by atoms with van der Waals surface area (Å²) in [5, 5.41) is 8.74. The van der Waals surface area contributed by atoms with Crippen molar-refractivity contribution in [1.29, 1.82) is 0 Å². The van der Waals surface area contributed by atoms with Gasteiger partial charge in [-0.2, -0.15) is 5.10 Å². The first-order valence-corrected chi connectivity index (χ1v) is 10.6. The number of carbonyl (C=O) groups excluding carboxylic acids is 1. The normalized spacial score (nSPS) is 10.8. The van der Waals surface area contributed by atoms with Gasteiger partial charge in [-0.25, -0.2) is 0 Å². The molecule has 5 nitrogen and oxygen atoms in total. The number of nitrogens with one attached hydrogen (secondary N) is 1. The molecule has 0 aliphatic rings. The number of aromatic nitrogens is 2. The fourth-order valence-electron chi connectivity index (χ4n) is 3.16. The number of rotatable bonds is 8. The molecule has 7 heteroatoms. The molecule has 2 aromatic carbocycles. The summed E-state index contributed by atoms with van der Waals surface area (Å²) < 4.78 is 7.75. The van der Waals surface area contributed by atoms with E-state index < -0.39 is 0 Å². The number of aryl methyl sites for hydroxylation is 3. The van der Waals surface area contributed by atoms with Gasteiger partial charge < -0.3 is 10.1 Å². The second-order valence-corrected chi connectivity index (χ2v) is 8.03. The molecule has 30 heavy (non-hydrogen) atoms. The SMILES string of the molecule is Cc1cc(Cl)ccc1OCc1cccc(C(=O)NCCCn2nc(C)c(Cl)c2C)c1. The average Bonchev–Trinajstić information content (AvgIpc) is 2.97. The minimum atomic E-state index is -0.106. The van der Waals surface area contributed by atoms with Crippen LogP contribution in [0, 0.1) is 20.8 Å². The second-order valence-electron chi connectivity index (χ2n) is 7.22. The molecule has 3 rings (SSSR count). The molecular weight excluding hydrogens is 421 g/mol. The van der Waals surface area contributed by atoms with Crippen LogP contribution in [0.1, 0.15) is 39.3 Å². The fraction of sp³-hybridized carbons (Fsp3) is 0.304. The van der Waals surface area contributed by atoms with Crippen LogP contribution in [0.2, 0.25) is 10.0 Å². The Hall–Kier alpha value is -2.50. The molecule has 158 valence electrons. The van der Waals surface area contributed by atoms with Gasteiger partial charge in [0.25, 0.3) is 5.91 Å². The highest BCUT2D eigenvalue weighted by molar-refractivity contribution is 6.31. The predicted molar refractivity (Wildman–Crippen MR) is 121 cm³/mol. The van der Waals surface area contributed by atoms with E-state index in [1.807, 2.05) is 55.8 Å². The summed E-state index contributed by atoms with van der Waals surface area (Å²) in [4.78, 5) is 12.5. The molecule has 0 aliphatic heterocycles. The van der Waals surface area contributed by atoms with Gasteiger partial charge in [0.05, 0.1) is 16.4 Å². The maximum atomic E-state index is 12.5. The summed E-state index contributed by atoms with van der Waals surface area (Å²) in [7, 11) is 0. The average molecular weight is 446 g/mol. The lowest BCUT2D eigenvalue weighted by Gasteiger charge is -2.11. The zero-order valence-electron chi connectivity index (χ0n) is 17.3. The third-order valence-corrected chi connectivity index (χ3v) is 5.63. The number of carbonyl (C=O) groups is 1. The van der Waals surface area contributed by atoms with Gasteiger partial charge in [0.2, 0.25) is 0 Å². The van der Waals surface area contributed by atoms with Crippen LogP contribution in [-0.2, 0) is 13.2 Å². The largest absolute Gasteiger partial charge is 0.489 e. The number of nitrogens with zero attached hydrogens (tertiary/aromatic N) is 2. The molecule has 0 saturated carbocycles. The van der Waals surface area contributed by atoms with Gasteiger partial charge >= 0.3 is 0 Å². The van der Waals surface area contributed by atoms with Gasteiger partial charge in [-0.1, -0.05) is 35.3 Å². The molecule has 1 amide bonds. The smallest absolute Gasteiger partial charge is 0.251 e. The molecule has 0 saturated heterocycles. The Labute approximate surface area is 187 Å². The minimum Gasteiger partial charge on any atom is -0.489 e. The van der Waals surface area contributed by atoms with E-state index in [0.29, 0.717) is 35.3 Å². The molecule has 1 heterocycles. The van der Waals surface area contributed by atoms with Crippen molar-refractivity contribution in [2.45, 2.75) is 40.3 Å². The number of halogens is 2. The quantitative estimate of drug-likeness (QED) is 0.464. The molecule has 1 aromatic heterocycles. The minimum absolute atomic E-state index is 0.106. The lowest BCUT2D eigenvalue weighted by molar-refractivity contribution is 0.0952. The Morgan fingerprint density at radius 3 is 2.63 bits per heavy atom.